The van der Waals surface area contributed by atoms with Crippen molar-refractivity contribution < 1.29 is 19.1 Å². The van der Waals surface area contributed by atoms with E-state index in [1.54, 1.807) is 19.1 Å². The van der Waals surface area contributed by atoms with Crippen LogP contribution in [0.25, 0.3) is 0 Å². The Morgan fingerprint density at radius 1 is 1.38 bits per heavy atom. The lowest BCUT2D eigenvalue weighted by Gasteiger charge is -2.29. The summed E-state index contributed by atoms with van der Waals surface area (Å²) in [5, 5.41) is 13.4. The molecule has 0 saturated heterocycles. The number of ether oxygens (including phenoxy) is 2. The van der Waals surface area contributed by atoms with Gasteiger partial charge in [0.05, 0.1) is 40.5 Å². The quantitative estimate of drug-likeness (QED) is 0.472. The van der Waals surface area contributed by atoms with Crippen LogP contribution in [0.1, 0.15) is 25.3 Å². The van der Waals surface area contributed by atoms with Gasteiger partial charge in [0.1, 0.15) is 12.4 Å². The molecule has 8 heteroatoms. The van der Waals surface area contributed by atoms with Crippen LogP contribution >= 0.6 is 11.8 Å². The molecular weight excluding hydrogens is 390 g/mol. The fourth-order valence-electron chi connectivity index (χ4n) is 2.91. The van der Waals surface area contributed by atoms with Gasteiger partial charge in [0.15, 0.2) is 0 Å². The first-order chi connectivity index (χ1) is 13.9. The van der Waals surface area contributed by atoms with E-state index in [-0.39, 0.29) is 12.4 Å². The van der Waals surface area contributed by atoms with Gasteiger partial charge >= 0.3 is 5.97 Å². The molecule has 0 aliphatic carbocycles. The lowest BCUT2D eigenvalue weighted by atomic mass is 9.82. The first-order valence-electron chi connectivity index (χ1n) is 8.96. The monoisotopic (exact) mass is 413 g/mol. The first kappa shape index (κ1) is 22.1. The SMILES string of the molecule is C=CCOC(=O)C1=C(C)NC(SCC(N)=O)=C(C#N)C1c1ccc(OCC)cc1. The van der Waals surface area contributed by atoms with E-state index in [1.807, 2.05) is 19.1 Å². The van der Waals surface area contributed by atoms with Crippen LogP contribution in [0, 0.1) is 11.3 Å². The second-order valence-corrected chi connectivity index (χ2v) is 7.08. The second-order valence-electron chi connectivity index (χ2n) is 6.10. The number of primary amides is 1. The highest BCUT2D eigenvalue weighted by molar-refractivity contribution is 8.03. The summed E-state index contributed by atoms with van der Waals surface area (Å²) in [6, 6.07) is 9.37. The Kier molecular flexibility index (Phi) is 7.92. The Balaban J connectivity index is 2.53. The summed E-state index contributed by atoms with van der Waals surface area (Å²) in [5.74, 6) is -0.998. The second kappa shape index (κ2) is 10.4. The highest BCUT2D eigenvalue weighted by Gasteiger charge is 2.35. The minimum atomic E-state index is -0.649. The molecule has 1 unspecified atom stereocenters. The Morgan fingerprint density at radius 3 is 2.62 bits per heavy atom. The number of rotatable bonds is 9. The summed E-state index contributed by atoms with van der Waals surface area (Å²) in [5.41, 5.74) is 7.17. The molecule has 1 heterocycles. The molecule has 1 aromatic carbocycles. The number of hydrogen-bond acceptors (Lipinski definition) is 7. The summed E-state index contributed by atoms with van der Waals surface area (Å²) in [6.07, 6.45) is 1.48. The number of carbonyl (C=O) groups excluding carboxylic acids is 2. The van der Waals surface area contributed by atoms with Crippen molar-refractivity contribution >= 4 is 23.6 Å². The van der Waals surface area contributed by atoms with Gasteiger partial charge in [0, 0.05) is 5.70 Å². The highest BCUT2D eigenvalue weighted by Crippen LogP contribution is 2.41. The number of carbonyl (C=O) groups is 2. The first-order valence-corrected chi connectivity index (χ1v) is 9.95. The molecule has 1 atom stereocenters. The number of benzene rings is 1. The molecule has 0 spiro atoms. The summed E-state index contributed by atoms with van der Waals surface area (Å²) >= 11 is 1.13. The Labute approximate surface area is 174 Å². The van der Waals surface area contributed by atoms with E-state index in [1.165, 1.54) is 6.08 Å². The number of thioether (sulfide) groups is 1. The molecular formula is C21H23N3O4S. The minimum Gasteiger partial charge on any atom is -0.494 e. The molecule has 29 heavy (non-hydrogen) atoms. The summed E-state index contributed by atoms with van der Waals surface area (Å²) in [6.45, 7) is 7.75. The van der Waals surface area contributed by atoms with Crippen LogP contribution in [0.5, 0.6) is 5.75 Å². The third-order valence-electron chi connectivity index (χ3n) is 4.08. The number of nitriles is 1. The van der Waals surface area contributed by atoms with Gasteiger partial charge < -0.3 is 20.5 Å². The van der Waals surface area contributed by atoms with Crippen LogP contribution in [0.3, 0.4) is 0 Å². The predicted molar refractivity (Wildman–Crippen MR) is 112 cm³/mol. The van der Waals surface area contributed by atoms with Gasteiger partial charge in [-0.05, 0) is 31.5 Å². The summed E-state index contributed by atoms with van der Waals surface area (Å²) < 4.78 is 10.7. The summed E-state index contributed by atoms with van der Waals surface area (Å²) in [7, 11) is 0. The topological polar surface area (TPSA) is 114 Å². The van der Waals surface area contributed by atoms with Gasteiger partial charge in [-0.2, -0.15) is 5.26 Å². The van der Waals surface area contributed by atoms with E-state index in [2.05, 4.69) is 18.0 Å². The maximum atomic E-state index is 12.7. The van der Waals surface area contributed by atoms with Crippen molar-refractivity contribution in [1.29, 1.82) is 5.26 Å². The van der Waals surface area contributed by atoms with Crippen molar-refractivity contribution in [2.75, 3.05) is 19.0 Å². The smallest absolute Gasteiger partial charge is 0.337 e. The molecule has 1 aromatic rings. The van der Waals surface area contributed by atoms with E-state index in [0.717, 1.165) is 17.3 Å². The van der Waals surface area contributed by atoms with Crippen LogP contribution < -0.4 is 15.8 Å². The van der Waals surface area contributed by atoms with Crippen LogP contribution in [0.2, 0.25) is 0 Å². The predicted octanol–water partition coefficient (Wildman–Crippen LogP) is 2.73. The van der Waals surface area contributed by atoms with Gasteiger partial charge in [0.2, 0.25) is 5.91 Å². The standard InChI is InChI=1S/C21H23N3O4S/c1-4-10-28-21(26)18-13(3)24-20(29-12-17(23)25)16(11-22)19(18)14-6-8-15(9-7-14)27-5-2/h4,6-9,19,24H,1,5,10,12H2,2-3H3,(H2,23,25). The number of nitrogens with zero attached hydrogens (tertiary/aromatic N) is 1. The molecule has 152 valence electrons. The molecule has 0 fully saturated rings. The van der Waals surface area contributed by atoms with E-state index in [9.17, 15) is 14.9 Å². The van der Waals surface area contributed by atoms with Gasteiger partial charge in [-0.25, -0.2) is 4.79 Å². The molecule has 0 aromatic heterocycles. The molecule has 1 aliphatic rings. The van der Waals surface area contributed by atoms with Gasteiger partial charge in [-0.3, -0.25) is 4.79 Å². The average molecular weight is 413 g/mol. The van der Waals surface area contributed by atoms with Crippen molar-refractivity contribution in [1.82, 2.24) is 5.32 Å². The number of nitrogens with two attached hydrogens (primary N) is 1. The number of amides is 1. The summed E-state index contributed by atoms with van der Waals surface area (Å²) in [4.78, 5) is 24.0. The molecule has 7 nitrogen and oxygen atoms in total. The zero-order valence-corrected chi connectivity index (χ0v) is 17.2. The number of hydrogen-bond donors (Lipinski definition) is 2. The zero-order valence-electron chi connectivity index (χ0n) is 16.4. The van der Waals surface area contributed by atoms with E-state index < -0.39 is 17.8 Å². The van der Waals surface area contributed by atoms with Gasteiger partial charge in [-0.15, -0.1) is 0 Å². The normalized spacial score (nSPS) is 16.0. The zero-order chi connectivity index (χ0) is 21.4. The number of esters is 1. The molecule has 3 N–H and O–H groups in total. The van der Waals surface area contributed by atoms with Crippen LogP contribution in [0.15, 0.2) is 58.8 Å². The molecule has 1 amide bonds. The van der Waals surface area contributed by atoms with Crippen molar-refractivity contribution in [2.45, 2.75) is 19.8 Å². The molecule has 0 saturated carbocycles. The van der Waals surface area contributed by atoms with E-state index >= 15 is 0 Å². The Bertz CT molecular complexity index is 897. The Morgan fingerprint density at radius 2 is 2.07 bits per heavy atom. The van der Waals surface area contributed by atoms with Crippen LogP contribution in [0.4, 0.5) is 0 Å². The van der Waals surface area contributed by atoms with Gasteiger partial charge in [-0.1, -0.05) is 36.5 Å². The maximum Gasteiger partial charge on any atom is 0.337 e. The maximum absolute atomic E-state index is 12.7. The molecule has 1 aliphatic heterocycles. The van der Waals surface area contributed by atoms with Crippen LogP contribution in [-0.4, -0.2) is 30.8 Å². The largest absolute Gasteiger partial charge is 0.494 e. The molecule has 2 rings (SSSR count). The third-order valence-corrected chi connectivity index (χ3v) is 5.12. The van der Waals surface area contributed by atoms with Gasteiger partial charge in [0.25, 0.3) is 0 Å². The third kappa shape index (κ3) is 5.42. The average Bonchev–Trinajstić information content (AvgIpc) is 2.70. The van der Waals surface area contributed by atoms with Crippen molar-refractivity contribution in [3.05, 3.63) is 64.4 Å². The van der Waals surface area contributed by atoms with Crippen molar-refractivity contribution in [3.63, 3.8) is 0 Å². The highest BCUT2D eigenvalue weighted by atomic mass is 32.2. The van der Waals surface area contributed by atoms with Crippen LogP contribution in [-0.2, 0) is 14.3 Å². The lowest BCUT2D eigenvalue weighted by molar-refractivity contribution is -0.138. The van der Waals surface area contributed by atoms with E-state index in [0.29, 0.717) is 34.2 Å². The molecule has 0 radical (unpaired) electrons. The molecule has 0 bridgehead atoms. The van der Waals surface area contributed by atoms with Crippen molar-refractivity contribution in [3.8, 4) is 11.8 Å². The lowest BCUT2D eigenvalue weighted by Crippen LogP contribution is -2.29. The number of nitrogens with one attached hydrogen (secondary N) is 1. The fourth-order valence-corrected chi connectivity index (χ4v) is 3.74. The number of dihydropyridines is 1. The van der Waals surface area contributed by atoms with Crippen molar-refractivity contribution in [2.24, 2.45) is 5.73 Å². The van der Waals surface area contributed by atoms with E-state index in [4.69, 9.17) is 15.2 Å². The Hall–Kier alpha value is -3.18. The fraction of sp³-hybridized carbons (Fsp3) is 0.286. The number of allylic oxidation sites excluding steroid dienone is 2. The minimum absolute atomic E-state index is 0.00698.